The van der Waals surface area contributed by atoms with E-state index in [1.165, 1.54) is 18.2 Å². The van der Waals surface area contributed by atoms with E-state index >= 15 is 0 Å². The van der Waals surface area contributed by atoms with E-state index in [9.17, 15) is 10.1 Å². The lowest BCUT2D eigenvalue weighted by molar-refractivity contribution is -0.384. The van der Waals surface area contributed by atoms with Gasteiger partial charge in [0, 0.05) is 28.7 Å². The Bertz CT molecular complexity index is 642. The zero-order chi connectivity index (χ0) is 14.7. The third-order valence-corrected chi connectivity index (χ3v) is 3.33. The highest BCUT2D eigenvalue weighted by Gasteiger charge is 2.09. The number of non-ortho nitro benzene ring substituents is 1. The third-order valence-electron chi connectivity index (χ3n) is 2.57. The molecule has 0 saturated heterocycles. The van der Waals surface area contributed by atoms with E-state index in [4.69, 9.17) is 34.8 Å². The predicted molar refractivity (Wildman–Crippen MR) is 81.9 cm³/mol. The Hall–Kier alpha value is -1.49. The summed E-state index contributed by atoms with van der Waals surface area (Å²) in [5.74, 6) is 0. The van der Waals surface area contributed by atoms with Gasteiger partial charge in [-0.1, -0.05) is 34.8 Å². The molecule has 0 bridgehead atoms. The van der Waals surface area contributed by atoms with Crippen LogP contribution in [0.25, 0.3) is 0 Å². The monoisotopic (exact) mass is 330 g/mol. The molecular formula is C13H9Cl3N2O2. The Morgan fingerprint density at radius 1 is 1.05 bits per heavy atom. The van der Waals surface area contributed by atoms with Gasteiger partial charge in [0.15, 0.2) is 0 Å². The lowest BCUT2D eigenvalue weighted by Gasteiger charge is -2.09. The Balaban J connectivity index is 2.18. The lowest BCUT2D eigenvalue weighted by Crippen LogP contribution is -2.01. The van der Waals surface area contributed by atoms with Crippen LogP contribution in [0.2, 0.25) is 15.1 Å². The van der Waals surface area contributed by atoms with Gasteiger partial charge in [-0.05, 0) is 29.8 Å². The number of nitrogens with one attached hydrogen (secondary N) is 1. The quantitative estimate of drug-likeness (QED) is 0.621. The van der Waals surface area contributed by atoms with Crippen molar-refractivity contribution in [2.45, 2.75) is 6.54 Å². The zero-order valence-corrected chi connectivity index (χ0v) is 12.3. The lowest BCUT2D eigenvalue weighted by atomic mass is 10.2. The minimum atomic E-state index is -0.474. The van der Waals surface area contributed by atoms with E-state index in [1.54, 1.807) is 18.2 Å². The molecule has 4 nitrogen and oxygen atoms in total. The maximum Gasteiger partial charge on any atom is 0.271 e. The van der Waals surface area contributed by atoms with Crippen LogP contribution in [-0.2, 0) is 6.54 Å². The van der Waals surface area contributed by atoms with E-state index in [0.29, 0.717) is 27.3 Å². The summed E-state index contributed by atoms with van der Waals surface area (Å²) in [6.45, 7) is 0.404. The van der Waals surface area contributed by atoms with Gasteiger partial charge in [-0.15, -0.1) is 0 Å². The molecule has 2 aromatic rings. The molecule has 20 heavy (non-hydrogen) atoms. The zero-order valence-electron chi connectivity index (χ0n) is 10.1. The molecule has 0 saturated carbocycles. The number of hydrogen-bond acceptors (Lipinski definition) is 3. The Kier molecular flexibility index (Phi) is 4.70. The first-order valence-corrected chi connectivity index (χ1v) is 6.72. The fraction of sp³-hybridized carbons (Fsp3) is 0.0769. The van der Waals surface area contributed by atoms with Crippen LogP contribution >= 0.6 is 34.8 Å². The molecule has 0 aliphatic heterocycles. The maximum absolute atomic E-state index is 10.7. The van der Waals surface area contributed by atoms with E-state index in [1.807, 2.05) is 0 Å². The number of nitro benzene ring substituents is 1. The molecule has 0 atom stereocenters. The molecule has 0 amide bonds. The molecule has 0 aliphatic rings. The Labute approximate surface area is 130 Å². The summed E-state index contributed by atoms with van der Waals surface area (Å²) in [6.07, 6.45) is 0. The maximum atomic E-state index is 10.7. The summed E-state index contributed by atoms with van der Waals surface area (Å²) in [5.41, 5.74) is 1.31. The second-order valence-electron chi connectivity index (χ2n) is 4.05. The summed E-state index contributed by atoms with van der Waals surface area (Å²) in [4.78, 5) is 10.3. The van der Waals surface area contributed by atoms with Crippen molar-refractivity contribution in [1.82, 2.24) is 0 Å². The summed E-state index contributed by atoms with van der Waals surface area (Å²) in [7, 11) is 0. The van der Waals surface area contributed by atoms with Crippen molar-refractivity contribution in [3.63, 3.8) is 0 Å². The van der Waals surface area contributed by atoms with Crippen molar-refractivity contribution in [2.24, 2.45) is 0 Å². The average Bonchev–Trinajstić information content (AvgIpc) is 2.36. The van der Waals surface area contributed by atoms with Crippen LogP contribution in [0.3, 0.4) is 0 Å². The van der Waals surface area contributed by atoms with Crippen LogP contribution in [0.15, 0.2) is 36.4 Å². The molecule has 0 spiro atoms. The summed E-state index contributed by atoms with van der Waals surface area (Å²) >= 11 is 17.8. The molecule has 104 valence electrons. The standard InChI is InChI=1S/C13H9Cl3N2O2/c14-9-3-8(4-10(15)5-9)7-17-13-6-11(18(19)20)1-2-12(13)16/h1-6,17H,7H2. The van der Waals surface area contributed by atoms with Gasteiger partial charge in [0.25, 0.3) is 5.69 Å². The molecule has 1 N–H and O–H groups in total. The van der Waals surface area contributed by atoms with Gasteiger partial charge in [-0.2, -0.15) is 0 Å². The van der Waals surface area contributed by atoms with Gasteiger partial charge in [-0.3, -0.25) is 10.1 Å². The number of nitro groups is 1. The number of rotatable bonds is 4. The van der Waals surface area contributed by atoms with Gasteiger partial charge in [-0.25, -0.2) is 0 Å². The summed E-state index contributed by atoms with van der Waals surface area (Å²) < 4.78 is 0. The Morgan fingerprint density at radius 3 is 2.30 bits per heavy atom. The first-order chi connectivity index (χ1) is 9.45. The minimum Gasteiger partial charge on any atom is -0.380 e. The van der Waals surface area contributed by atoms with Crippen LogP contribution in [0.4, 0.5) is 11.4 Å². The molecule has 0 unspecified atom stereocenters. The van der Waals surface area contributed by atoms with Crippen molar-refractivity contribution in [3.8, 4) is 0 Å². The molecule has 0 heterocycles. The summed E-state index contributed by atoms with van der Waals surface area (Å²) in [6, 6.07) is 9.36. The number of hydrogen-bond donors (Lipinski definition) is 1. The molecule has 0 aromatic heterocycles. The molecule has 0 fully saturated rings. The SMILES string of the molecule is O=[N+]([O-])c1ccc(Cl)c(NCc2cc(Cl)cc(Cl)c2)c1. The first kappa shape index (κ1) is 14.9. The van der Waals surface area contributed by atoms with Gasteiger partial charge >= 0.3 is 0 Å². The normalized spacial score (nSPS) is 10.3. The molecule has 0 aliphatic carbocycles. The third kappa shape index (κ3) is 3.76. The smallest absolute Gasteiger partial charge is 0.271 e. The van der Waals surface area contributed by atoms with E-state index in [-0.39, 0.29) is 5.69 Å². The highest BCUT2D eigenvalue weighted by atomic mass is 35.5. The Morgan fingerprint density at radius 2 is 1.70 bits per heavy atom. The topological polar surface area (TPSA) is 55.2 Å². The van der Waals surface area contributed by atoms with Crippen LogP contribution in [0.1, 0.15) is 5.56 Å². The van der Waals surface area contributed by atoms with Crippen molar-refractivity contribution in [3.05, 3.63) is 67.1 Å². The van der Waals surface area contributed by atoms with Crippen molar-refractivity contribution in [1.29, 1.82) is 0 Å². The average molecular weight is 332 g/mol. The van der Waals surface area contributed by atoms with Crippen LogP contribution in [0, 0.1) is 10.1 Å². The molecular weight excluding hydrogens is 323 g/mol. The highest BCUT2D eigenvalue weighted by Crippen LogP contribution is 2.27. The summed E-state index contributed by atoms with van der Waals surface area (Å²) in [5, 5.41) is 15.2. The van der Waals surface area contributed by atoms with Gasteiger partial charge < -0.3 is 5.32 Å². The number of benzene rings is 2. The second-order valence-corrected chi connectivity index (χ2v) is 5.33. The van der Waals surface area contributed by atoms with Gasteiger partial charge in [0.1, 0.15) is 0 Å². The van der Waals surface area contributed by atoms with Crippen LogP contribution in [-0.4, -0.2) is 4.92 Å². The molecule has 0 radical (unpaired) electrons. The largest absolute Gasteiger partial charge is 0.380 e. The number of nitrogens with zero attached hydrogens (tertiary/aromatic N) is 1. The van der Waals surface area contributed by atoms with E-state index in [0.717, 1.165) is 5.56 Å². The molecule has 2 rings (SSSR count). The van der Waals surface area contributed by atoms with Gasteiger partial charge in [0.2, 0.25) is 0 Å². The van der Waals surface area contributed by atoms with Crippen molar-refractivity contribution in [2.75, 3.05) is 5.32 Å². The van der Waals surface area contributed by atoms with Gasteiger partial charge in [0.05, 0.1) is 15.6 Å². The second kappa shape index (κ2) is 6.31. The fourth-order valence-electron chi connectivity index (χ4n) is 1.67. The minimum absolute atomic E-state index is 0.0268. The number of halogens is 3. The van der Waals surface area contributed by atoms with E-state index < -0.39 is 4.92 Å². The predicted octanol–water partition coefficient (Wildman–Crippen LogP) is 5.17. The highest BCUT2D eigenvalue weighted by molar-refractivity contribution is 6.34. The van der Waals surface area contributed by atoms with Crippen LogP contribution in [0.5, 0.6) is 0 Å². The molecule has 2 aromatic carbocycles. The van der Waals surface area contributed by atoms with Crippen LogP contribution < -0.4 is 5.32 Å². The fourth-order valence-corrected chi connectivity index (χ4v) is 2.43. The number of anilines is 1. The van der Waals surface area contributed by atoms with Crippen molar-refractivity contribution < 1.29 is 4.92 Å². The molecule has 7 heteroatoms. The van der Waals surface area contributed by atoms with E-state index in [2.05, 4.69) is 5.32 Å². The first-order valence-electron chi connectivity index (χ1n) is 5.58. The van der Waals surface area contributed by atoms with Crippen molar-refractivity contribution >= 4 is 46.2 Å².